The summed E-state index contributed by atoms with van der Waals surface area (Å²) in [6.45, 7) is 4.65. The van der Waals surface area contributed by atoms with Crippen LogP contribution in [0.25, 0.3) is 44.2 Å². The number of para-hydroxylation sites is 5. The first kappa shape index (κ1) is 31.5. The van der Waals surface area contributed by atoms with Crippen LogP contribution in [0.3, 0.4) is 0 Å². The predicted octanol–water partition coefficient (Wildman–Crippen LogP) is 14.6. The second kappa shape index (κ2) is 12.0. The molecule has 2 aliphatic rings. The minimum atomic E-state index is -0.304. The Hall–Kier alpha value is -7.04. The van der Waals surface area contributed by atoms with E-state index in [-0.39, 0.29) is 5.41 Å². The van der Waals surface area contributed by atoms with Gasteiger partial charge >= 0.3 is 0 Å². The maximum absolute atomic E-state index is 7.32. The number of anilines is 6. The number of rotatable bonds is 5. The topological polar surface area (TPSA) is 28.9 Å². The van der Waals surface area contributed by atoms with Crippen LogP contribution in [0.5, 0.6) is 11.5 Å². The zero-order valence-corrected chi connectivity index (χ0v) is 30.5. The fourth-order valence-electron chi connectivity index (χ4n) is 8.77. The Balaban J connectivity index is 1.16. The SMILES string of the molecule is CC1(C)c2ccccc2N2c3cccc(N(c4ccccc4)c4cccc(-c5ccccc5)c4)c3Oc3cc(-c4cccc5c4oc4ccccc45)cc1c32. The van der Waals surface area contributed by atoms with E-state index in [1.54, 1.807) is 0 Å². The van der Waals surface area contributed by atoms with E-state index in [0.29, 0.717) is 0 Å². The summed E-state index contributed by atoms with van der Waals surface area (Å²) in [5.41, 5.74) is 14.6. The van der Waals surface area contributed by atoms with Crippen molar-refractivity contribution in [2.24, 2.45) is 0 Å². The molecule has 0 amide bonds. The third-order valence-corrected chi connectivity index (χ3v) is 11.4. The Morgan fingerprint density at radius 3 is 2.05 bits per heavy atom. The first-order valence-electron chi connectivity index (χ1n) is 18.8. The van der Waals surface area contributed by atoms with E-state index in [0.717, 1.165) is 84.3 Å². The van der Waals surface area contributed by atoms with Crippen LogP contribution in [0.15, 0.2) is 186 Å². The van der Waals surface area contributed by atoms with Gasteiger partial charge in [-0.3, -0.25) is 0 Å². The molecule has 8 aromatic carbocycles. The number of fused-ring (bicyclic) bond motifs is 7. The summed E-state index contributed by atoms with van der Waals surface area (Å²) in [5, 5.41) is 2.22. The largest absolute Gasteiger partial charge is 0.455 e. The molecule has 11 rings (SSSR count). The highest BCUT2D eigenvalue weighted by atomic mass is 16.5. The van der Waals surface area contributed by atoms with Gasteiger partial charge in [-0.2, -0.15) is 0 Å². The molecule has 0 saturated carbocycles. The molecule has 4 nitrogen and oxygen atoms in total. The van der Waals surface area contributed by atoms with Gasteiger partial charge in [-0.05, 0) is 88.5 Å². The lowest BCUT2D eigenvalue weighted by Crippen LogP contribution is -2.32. The molecule has 0 radical (unpaired) electrons. The van der Waals surface area contributed by atoms with Crippen molar-refractivity contribution in [3.8, 4) is 33.8 Å². The first-order valence-corrected chi connectivity index (χ1v) is 18.8. The van der Waals surface area contributed by atoms with Crippen LogP contribution in [0.2, 0.25) is 0 Å². The van der Waals surface area contributed by atoms with Crippen LogP contribution in [-0.2, 0) is 5.41 Å². The normalized spacial score (nSPS) is 13.5. The Bertz CT molecular complexity index is 2950. The van der Waals surface area contributed by atoms with E-state index in [1.165, 1.54) is 16.7 Å². The molecular weight excluding hydrogens is 673 g/mol. The smallest absolute Gasteiger partial charge is 0.175 e. The summed E-state index contributed by atoms with van der Waals surface area (Å²) in [6.07, 6.45) is 0. The molecule has 0 saturated heterocycles. The van der Waals surface area contributed by atoms with Crippen LogP contribution in [0, 0.1) is 0 Å². The Morgan fingerprint density at radius 2 is 1.18 bits per heavy atom. The van der Waals surface area contributed by atoms with Gasteiger partial charge in [0.15, 0.2) is 11.5 Å². The maximum atomic E-state index is 7.32. The predicted molar refractivity (Wildman–Crippen MR) is 226 cm³/mol. The maximum Gasteiger partial charge on any atom is 0.175 e. The average molecular weight is 709 g/mol. The highest BCUT2D eigenvalue weighted by molar-refractivity contribution is 6.10. The number of hydrogen-bond donors (Lipinski definition) is 0. The quantitative estimate of drug-likeness (QED) is 0.178. The van der Waals surface area contributed by atoms with Gasteiger partial charge in [0, 0.05) is 33.1 Å². The van der Waals surface area contributed by atoms with Crippen LogP contribution in [-0.4, -0.2) is 0 Å². The van der Waals surface area contributed by atoms with E-state index < -0.39 is 0 Å². The zero-order valence-electron chi connectivity index (χ0n) is 30.5. The van der Waals surface area contributed by atoms with Crippen molar-refractivity contribution >= 4 is 56.1 Å². The first-order chi connectivity index (χ1) is 27.0. The summed E-state index contributed by atoms with van der Waals surface area (Å²) in [5.74, 6) is 1.61. The van der Waals surface area contributed by atoms with Crippen molar-refractivity contribution in [1.82, 2.24) is 0 Å². The molecule has 0 N–H and O–H groups in total. The molecule has 0 bridgehead atoms. The third-order valence-electron chi connectivity index (χ3n) is 11.4. The molecule has 262 valence electrons. The lowest BCUT2D eigenvalue weighted by atomic mass is 9.72. The summed E-state index contributed by atoms with van der Waals surface area (Å²) < 4.78 is 13.9. The van der Waals surface area contributed by atoms with E-state index >= 15 is 0 Å². The van der Waals surface area contributed by atoms with Gasteiger partial charge in [0.25, 0.3) is 0 Å². The van der Waals surface area contributed by atoms with Gasteiger partial charge in [-0.25, -0.2) is 0 Å². The van der Waals surface area contributed by atoms with Gasteiger partial charge < -0.3 is 19.0 Å². The summed E-state index contributed by atoms with van der Waals surface area (Å²) >= 11 is 0. The summed E-state index contributed by atoms with van der Waals surface area (Å²) in [7, 11) is 0. The van der Waals surface area contributed by atoms with E-state index in [9.17, 15) is 0 Å². The molecule has 55 heavy (non-hydrogen) atoms. The molecule has 4 heteroatoms. The standard InChI is InChI=1S/C51H36N2O2/c1-51(2)41-25-10-11-26-43(41)53-45-28-15-27-44(52(36-19-7-4-8-20-36)37-21-13-18-34(30-37)33-16-5-3-6-17-33)50(45)55-47-32-35(31-42(51)48(47)53)38-23-14-24-40-39-22-9-12-29-46(39)54-49(38)40/h3-32H,1-2H3. The number of benzene rings is 8. The van der Waals surface area contributed by atoms with Gasteiger partial charge in [0.05, 0.1) is 22.7 Å². The second-order valence-corrected chi connectivity index (χ2v) is 14.9. The highest BCUT2D eigenvalue weighted by Gasteiger charge is 2.43. The molecule has 9 aromatic rings. The van der Waals surface area contributed by atoms with Gasteiger partial charge in [-0.1, -0.05) is 135 Å². The Kier molecular flexibility index (Phi) is 6.86. The average Bonchev–Trinajstić information content (AvgIpc) is 3.62. The zero-order chi connectivity index (χ0) is 36.7. The van der Waals surface area contributed by atoms with Crippen LogP contribution in [0.4, 0.5) is 34.1 Å². The van der Waals surface area contributed by atoms with E-state index in [1.807, 2.05) is 12.1 Å². The van der Waals surface area contributed by atoms with Crippen LogP contribution in [0.1, 0.15) is 25.0 Å². The molecule has 0 aliphatic carbocycles. The molecule has 0 atom stereocenters. The van der Waals surface area contributed by atoms with Gasteiger partial charge in [-0.15, -0.1) is 0 Å². The van der Waals surface area contributed by atoms with Crippen LogP contribution < -0.4 is 14.5 Å². The minimum absolute atomic E-state index is 0.304. The van der Waals surface area contributed by atoms with Crippen molar-refractivity contribution < 1.29 is 9.15 Å². The van der Waals surface area contributed by atoms with E-state index in [4.69, 9.17) is 9.15 Å². The lowest BCUT2D eigenvalue weighted by molar-refractivity contribution is 0.472. The third kappa shape index (κ3) is 4.78. The summed E-state index contributed by atoms with van der Waals surface area (Å²) in [6, 6.07) is 64.5. The fraction of sp³-hybridized carbons (Fsp3) is 0.0588. The number of nitrogens with zero attached hydrogens (tertiary/aromatic N) is 2. The highest BCUT2D eigenvalue weighted by Crippen LogP contribution is 2.63. The Labute approximate surface area is 320 Å². The van der Waals surface area contributed by atoms with Crippen molar-refractivity contribution in [3.63, 3.8) is 0 Å². The fourth-order valence-corrected chi connectivity index (χ4v) is 8.77. The number of ether oxygens (including phenoxy) is 1. The summed E-state index contributed by atoms with van der Waals surface area (Å²) in [4.78, 5) is 4.73. The number of furan rings is 1. The molecule has 3 heterocycles. The van der Waals surface area contributed by atoms with Gasteiger partial charge in [0.1, 0.15) is 11.2 Å². The van der Waals surface area contributed by atoms with Crippen molar-refractivity contribution in [2.75, 3.05) is 9.80 Å². The molecule has 2 aliphatic heterocycles. The van der Waals surface area contributed by atoms with E-state index in [2.05, 4.69) is 194 Å². The molecule has 0 unspecified atom stereocenters. The molecular formula is C51H36N2O2. The minimum Gasteiger partial charge on any atom is -0.455 e. The van der Waals surface area contributed by atoms with Crippen molar-refractivity contribution in [1.29, 1.82) is 0 Å². The monoisotopic (exact) mass is 708 g/mol. The van der Waals surface area contributed by atoms with Gasteiger partial charge in [0.2, 0.25) is 0 Å². The second-order valence-electron chi connectivity index (χ2n) is 14.9. The Morgan fingerprint density at radius 1 is 0.509 bits per heavy atom. The molecule has 0 fully saturated rings. The molecule has 0 spiro atoms. The van der Waals surface area contributed by atoms with Crippen molar-refractivity contribution in [2.45, 2.75) is 19.3 Å². The lowest BCUT2D eigenvalue weighted by Gasteiger charge is -2.45. The van der Waals surface area contributed by atoms with Crippen molar-refractivity contribution in [3.05, 3.63) is 193 Å². The van der Waals surface area contributed by atoms with Crippen LogP contribution >= 0.6 is 0 Å². The molecule has 1 aromatic heterocycles. The number of hydrogen-bond acceptors (Lipinski definition) is 4.